The van der Waals surface area contributed by atoms with Gasteiger partial charge in [0.2, 0.25) is 17.6 Å². The number of rotatable bonds is 6. The lowest BCUT2D eigenvalue weighted by Gasteiger charge is -2.10. The molecule has 1 N–H and O–H groups in total. The summed E-state index contributed by atoms with van der Waals surface area (Å²) in [6.45, 7) is -0.129. The molecule has 3 amide bonds. The largest absolute Gasteiger partial charge is 0.394 e. The van der Waals surface area contributed by atoms with Crippen LogP contribution in [-0.4, -0.2) is 53.3 Å². The van der Waals surface area contributed by atoms with Crippen molar-refractivity contribution < 1.29 is 29.0 Å². The molecular formula is C10H13NO6. The summed E-state index contributed by atoms with van der Waals surface area (Å²) in [4.78, 5) is 45.6. The maximum atomic E-state index is 11.5. The molecule has 1 heterocycles. The van der Waals surface area contributed by atoms with E-state index in [2.05, 4.69) is 0 Å². The lowest BCUT2D eigenvalue weighted by Crippen LogP contribution is -2.40. The number of likely N-dealkylation sites (tertiary alicyclic amines) is 1. The van der Waals surface area contributed by atoms with Crippen molar-refractivity contribution in [1.29, 1.82) is 0 Å². The molecule has 0 aromatic carbocycles. The van der Waals surface area contributed by atoms with Crippen molar-refractivity contribution in [3.05, 3.63) is 0 Å². The number of nitrogens with zero attached hydrogens (tertiary/aromatic N) is 1. The van der Waals surface area contributed by atoms with Crippen LogP contribution < -0.4 is 0 Å². The molecular weight excluding hydrogens is 230 g/mol. The zero-order chi connectivity index (χ0) is 12.8. The molecule has 1 fully saturated rings. The van der Waals surface area contributed by atoms with Crippen LogP contribution in [0.2, 0.25) is 0 Å². The van der Waals surface area contributed by atoms with Crippen molar-refractivity contribution in [3.8, 4) is 0 Å². The third-order valence-electron chi connectivity index (χ3n) is 2.20. The number of ketones is 1. The molecule has 1 aliphatic rings. The predicted molar refractivity (Wildman–Crippen MR) is 53.6 cm³/mol. The zero-order valence-corrected chi connectivity index (χ0v) is 9.18. The van der Waals surface area contributed by atoms with Crippen molar-refractivity contribution in [2.24, 2.45) is 0 Å². The minimum absolute atomic E-state index is 0.0264. The molecule has 17 heavy (non-hydrogen) atoms. The molecule has 0 aromatic heterocycles. The van der Waals surface area contributed by atoms with Gasteiger partial charge in [0, 0.05) is 19.3 Å². The first-order chi connectivity index (χ1) is 8.07. The van der Waals surface area contributed by atoms with Crippen molar-refractivity contribution in [2.75, 3.05) is 19.8 Å². The van der Waals surface area contributed by atoms with E-state index in [1.54, 1.807) is 0 Å². The fraction of sp³-hybridized carbons (Fsp3) is 0.600. The highest BCUT2D eigenvalue weighted by molar-refractivity contribution is 6.42. The second-order valence-electron chi connectivity index (χ2n) is 3.44. The molecule has 94 valence electrons. The van der Waals surface area contributed by atoms with E-state index < -0.39 is 23.5 Å². The minimum Gasteiger partial charge on any atom is -0.394 e. The molecule has 0 spiro atoms. The topological polar surface area (TPSA) is 101 Å². The summed E-state index contributed by atoms with van der Waals surface area (Å²) >= 11 is 0. The van der Waals surface area contributed by atoms with Gasteiger partial charge in [0.05, 0.1) is 19.8 Å². The van der Waals surface area contributed by atoms with Gasteiger partial charge in [0.15, 0.2) is 0 Å². The van der Waals surface area contributed by atoms with Crippen LogP contribution in [0, 0.1) is 0 Å². The van der Waals surface area contributed by atoms with E-state index in [4.69, 9.17) is 9.84 Å². The number of ether oxygens (including phenoxy) is 1. The highest BCUT2D eigenvalue weighted by Gasteiger charge is 2.37. The third kappa shape index (κ3) is 3.43. The molecule has 0 atom stereocenters. The smallest absolute Gasteiger partial charge is 0.303 e. The number of carbonyl (C=O) groups is 4. The number of imide groups is 3. The fourth-order valence-electron chi connectivity index (χ4n) is 1.37. The van der Waals surface area contributed by atoms with Crippen LogP contribution in [-0.2, 0) is 23.9 Å². The Balaban J connectivity index is 2.44. The van der Waals surface area contributed by atoms with E-state index in [0.717, 1.165) is 0 Å². The Bertz CT molecular complexity index is 335. The molecule has 7 nitrogen and oxygen atoms in total. The van der Waals surface area contributed by atoms with Gasteiger partial charge in [-0.2, -0.15) is 0 Å². The number of hydrogen-bond donors (Lipinski definition) is 1. The molecule has 0 aliphatic carbocycles. The monoisotopic (exact) mass is 243 g/mol. The third-order valence-corrected chi connectivity index (χ3v) is 2.20. The van der Waals surface area contributed by atoms with E-state index in [0.29, 0.717) is 4.90 Å². The first-order valence-corrected chi connectivity index (χ1v) is 5.19. The van der Waals surface area contributed by atoms with Crippen LogP contribution in [0.1, 0.15) is 19.3 Å². The Morgan fingerprint density at radius 2 is 1.76 bits per heavy atom. The average Bonchev–Trinajstić information content (AvgIpc) is 2.63. The number of aliphatic hydroxyl groups is 1. The van der Waals surface area contributed by atoms with Crippen molar-refractivity contribution >= 4 is 23.5 Å². The first kappa shape index (κ1) is 13.5. The van der Waals surface area contributed by atoms with Gasteiger partial charge in [0.25, 0.3) is 0 Å². The number of hydrogen-bond acceptors (Lipinski definition) is 6. The highest BCUT2D eigenvalue weighted by atomic mass is 16.5. The Hall–Kier alpha value is -1.60. The molecule has 0 aromatic rings. The van der Waals surface area contributed by atoms with Crippen molar-refractivity contribution in [3.63, 3.8) is 0 Å². The zero-order valence-electron chi connectivity index (χ0n) is 9.18. The standard InChI is InChI=1S/C10H13NO6/c12-4-6-17-5-3-7(13)10(16)11-8(14)1-2-9(11)15/h12H,1-6H2. The van der Waals surface area contributed by atoms with Gasteiger partial charge >= 0.3 is 5.91 Å². The Labute approximate surface area is 97.3 Å². The van der Waals surface area contributed by atoms with Gasteiger partial charge in [-0.3, -0.25) is 19.2 Å². The normalized spacial score (nSPS) is 15.5. The summed E-state index contributed by atoms with van der Waals surface area (Å²) in [5.74, 6) is -3.20. The van der Waals surface area contributed by atoms with E-state index in [1.165, 1.54) is 0 Å². The van der Waals surface area contributed by atoms with E-state index >= 15 is 0 Å². The molecule has 0 radical (unpaired) electrons. The summed E-state index contributed by atoms with van der Waals surface area (Å²) in [6, 6.07) is 0. The molecule has 0 saturated carbocycles. The molecule has 7 heteroatoms. The fourth-order valence-corrected chi connectivity index (χ4v) is 1.37. The quantitative estimate of drug-likeness (QED) is 0.351. The number of amides is 3. The summed E-state index contributed by atoms with van der Waals surface area (Å²) in [5, 5.41) is 8.41. The van der Waals surface area contributed by atoms with E-state index in [1.807, 2.05) is 0 Å². The Morgan fingerprint density at radius 1 is 1.18 bits per heavy atom. The molecule has 1 aliphatic heterocycles. The Morgan fingerprint density at radius 3 is 2.29 bits per heavy atom. The summed E-state index contributed by atoms with van der Waals surface area (Å²) in [5.41, 5.74) is 0. The van der Waals surface area contributed by atoms with Gasteiger partial charge in [-0.25, -0.2) is 4.90 Å². The van der Waals surface area contributed by atoms with Crippen LogP contribution in [0.5, 0.6) is 0 Å². The predicted octanol–water partition coefficient (Wildman–Crippen LogP) is -1.37. The Kier molecular flexibility index (Phi) is 4.92. The average molecular weight is 243 g/mol. The number of aliphatic hydroxyl groups excluding tert-OH is 1. The SMILES string of the molecule is O=C(CCOCCO)C(=O)N1C(=O)CCC1=O. The maximum Gasteiger partial charge on any atom is 0.303 e. The second-order valence-corrected chi connectivity index (χ2v) is 3.44. The summed E-state index contributed by atoms with van der Waals surface area (Å²) in [7, 11) is 0. The second kappa shape index (κ2) is 6.21. The van der Waals surface area contributed by atoms with E-state index in [-0.39, 0.29) is 39.1 Å². The molecule has 1 saturated heterocycles. The van der Waals surface area contributed by atoms with Crippen LogP contribution in [0.3, 0.4) is 0 Å². The van der Waals surface area contributed by atoms with E-state index in [9.17, 15) is 19.2 Å². The number of carbonyl (C=O) groups excluding carboxylic acids is 4. The minimum atomic E-state index is -1.09. The maximum absolute atomic E-state index is 11.5. The lowest BCUT2D eigenvalue weighted by atomic mass is 10.2. The summed E-state index contributed by atoms with van der Waals surface area (Å²) in [6.07, 6.45) is -0.270. The summed E-state index contributed by atoms with van der Waals surface area (Å²) < 4.78 is 4.81. The van der Waals surface area contributed by atoms with Crippen LogP contribution in [0.25, 0.3) is 0 Å². The van der Waals surface area contributed by atoms with Crippen LogP contribution in [0.15, 0.2) is 0 Å². The number of Topliss-reactive ketones (excluding diaryl/α,β-unsaturated/α-hetero) is 1. The van der Waals surface area contributed by atoms with Crippen molar-refractivity contribution in [1.82, 2.24) is 4.90 Å². The van der Waals surface area contributed by atoms with Gasteiger partial charge in [0.1, 0.15) is 0 Å². The van der Waals surface area contributed by atoms with Gasteiger partial charge in [-0.1, -0.05) is 0 Å². The lowest BCUT2D eigenvalue weighted by molar-refractivity contribution is -0.155. The first-order valence-electron chi connectivity index (χ1n) is 5.19. The van der Waals surface area contributed by atoms with Crippen molar-refractivity contribution in [2.45, 2.75) is 19.3 Å². The van der Waals surface area contributed by atoms with Crippen LogP contribution in [0.4, 0.5) is 0 Å². The highest BCUT2D eigenvalue weighted by Crippen LogP contribution is 2.12. The molecule has 1 rings (SSSR count). The van der Waals surface area contributed by atoms with Gasteiger partial charge in [-0.15, -0.1) is 0 Å². The molecule has 0 bridgehead atoms. The molecule has 0 unspecified atom stereocenters. The van der Waals surface area contributed by atoms with Gasteiger partial charge < -0.3 is 9.84 Å². The van der Waals surface area contributed by atoms with Gasteiger partial charge in [-0.05, 0) is 0 Å². The van der Waals surface area contributed by atoms with Crippen LogP contribution >= 0.6 is 0 Å².